The molecule has 2 aromatic rings. The molecule has 2 heterocycles. The fraction of sp³-hybridized carbons (Fsp3) is 0.500. The van der Waals surface area contributed by atoms with E-state index in [0.717, 1.165) is 5.56 Å². The van der Waals surface area contributed by atoms with Crippen LogP contribution in [0.4, 0.5) is 0 Å². The Labute approximate surface area is 223 Å². The van der Waals surface area contributed by atoms with E-state index in [-0.39, 0.29) is 17.9 Å². The molecule has 0 aliphatic carbocycles. The second-order valence-electron chi connectivity index (χ2n) is 9.22. The number of carbonyl (C=O) groups excluding carboxylic acids is 1. The monoisotopic (exact) mass is 552 g/mol. The molecule has 2 aromatic carbocycles. The van der Waals surface area contributed by atoms with Crippen LogP contribution in [-0.4, -0.2) is 116 Å². The molecule has 214 valence electrons. The highest BCUT2D eigenvalue weighted by atomic mass is 16.7. The molecule has 2 fully saturated rings. The topological polar surface area (TPSA) is 205 Å². The van der Waals surface area contributed by atoms with Gasteiger partial charge in [-0.2, -0.15) is 0 Å². The van der Waals surface area contributed by atoms with Crippen LogP contribution in [-0.2, 0) is 25.6 Å². The molecule has 10 atom stereocenters. The Kier molecular flexibility index (Phi) is 9.85. The van der Waals surface area contributed by atoms with E-state index >= 15 is 0 Å². The fourth-order valence-corrected chi connectivity index (χ4v) is 4.21. The van der Waals surface area contributed by atoms with Gasteiger partial charge in [-0.25, -0.2) is 4.79 Å². The molecule has 0 unspecified atom stereocenters. The van der Waals surface area contributed by atoms with Crippen molar-refractivity contribution in [2.45, 2.75) is 68.0 Å². The summed E-state index contributed by atoms with van der Waals surface area (Å²) in [5.74, 6) is -0.723. The van der Waals surface area contributed by atoms with Crippen LogP contribution in [0.1, 0.15) is 15.9 Å². The molecule has 2 saturated heterocycles. The van der Waals surface area contributed by atoms with Gasteiger partial charge in [0.05, 0.1) is 13.2 Å². The van der Waals surface area contributed by atoms with Crippen molar-refractivity contribution in [2.24, 2.45) is 0 Å². The van der Waals surface area contributed by atoms with Crippen molar-refractivity contribution in [1.82, 2.24) is 0 Å². The highest BCUT2D eigenvalue weighted by Crippen LogP contribution is 2.29. The van der Waals surface area contributed by atoms with Crippen molar-refractivity contribution in [3.05, 3.63) is 65.7 Å². The Morgan fingerprint density at radius 2 is 1.31 bits per heavy atom. The lowest BCUT2D eigenvalue weighted by atomic mass is 9.98. The fourth-order valence-electron chi connectivity index (χ4n) is 4.21. The highest BCUT2D eigenvalue weighted by Gasteiger charge is 2.48. The van der Waals surface area contributed by atoms with E-state index < -0.39 is 80.6 Å². The maximum absolute atomic E-state index is 12.7. The van der Waals surface area contributed by atoms with Gasteiger partial charge in [0, 0.05) is 0 Å². The number of esters is 1. The first kappa shape index (κ1) is 29.3. The number of hydrogen-bond donors (Lipinski definition) is 7. The number of para-hydroxylation sites is 1. The van der Waals surface area contributed by atoms with Crippen LogP contribution in [0.2, 0.25) is 0 Å². The Morgan fingerprint density at radius 3 is 2.00 bits per heavy atom. The van der Waals surface area contributed by atoms with Crippen molar-refractivity contribution >= 4 is 5.97 Å². The van der Waals surface area contributed by atoms with Gasteiger partial charge < -0.3 is 59.4 Å². The average molecular weight is 553 g/mol. The number of hydrogen-bond acceptors (Lipinski definition) is 13. The molecule has 0 spiro atoms. The zero-order chi connectivity index (χ0) is 28.1. The summed E-state index contributed by atoms with van der Waals surface area (Å²) >= 11 is 0. The van der Waals surface area contributed by atoms with Crippen LogP contribution in [0.5, 0.6) is 5.75 Å². The summed E-state index contributed by atoms with van der Waals surface area (Å²) in [5, 5.41) is 70.6. The first-order valence-electron chi connectivity index (χ1n) is 12.3. The van der Waals surface area contributed by atoms with Crippen molar-refractivity contribution in [3.8, 4) is 5.75 Å². The van der Waals surface area contributed by atoms with Gasteiger partial charge in [-0.05, 0) is 17.7 Å². The second-order valence-corrected chi connectivity index (χ2v) is 9.22. The predicted octanol–water partition coefficient (Wildman–Crippen LogP) is -1.95. The maximum Gasteiger partial charge on any atom is 0.342 e. The van der Waals surface area contributed by atoms with E-state index in [1.165, 1.54) is 12.1 Å². The number of carbonyl (C=O) groups is 1. The molecule has 2 aliphatic rings. The van der Waals surface area contributed by atoms with Gasteiger partial charge in [-0.3, -0.25) is 0 Å². The Balaban J connectivity index is 1.41. The smallest absolute Gasteiger partial charge is 0.342 e. The van der Waals surface area contributed by atoms with Crippen molar-refractivity contribution in [3.63, 3.8) is 0 Å². The Bertz CT molecular complexity index is 1070. The van der Waals surface area contributed by atoms with Crippen molar-refractivity contribution in [1.29, 1.82) is 0 Å². The quantitative estimate of drug-likeness (QED) is 0.169. The van der Waals surface area contributed by atoms with Crippen LogP contribution in [0.25, 0.3) is 0 Å². The molecule has 2 aliphatic heterocycles. The van der Waals surface area contributed by atoms with Gasteiger partial charge in [-0.15, -0.1) is 0 Å². The van der Waals surface area contributed by atoms with Crippen molar-refractivity contribution < 1.29 is 64.2 Å². The van der Waals surface area contributed by atoms with Gasteiger partial charge in [0.25, 0.3) is 0 Å². The number of aliphatic hydroxyl groups is 7. The van der Waals surface area contributed by atoms with E-state index in [0.29, 0.717) is 0 Å². The number of benzene rings is 2. The van der Waals surface area contributed by atoms with Crippen LogP contribution >= 0.6 is 0 Å². The zero-order valence-corrected chi connectivity index (χ0v) is 20.7. The lowest BCUT2D eigenvalue weighted by Gasteiger charge is -2.42. The summed E-state index contributed by atoms with van der Waals surface area (Å²) in [6.07, 6.45) is -15.7. The summed E-state index contributed by atoms with van der Waals surface area (Å²) in [6.45, 7) is -1.17. The molecule has 0 bridgehead atoms. The third-order valence-corrected chi connectivity index (χ3v) is 6.50. The van der Waals surface area contributed by atoms with Crippen molar-refractivity contribution in [2.75, 3.05) is 13.2 Å². The molecular weight excluding hydrogens is 520 g/mol. The van der Waals surface area contributed by atoms with Gasteiger partial charge >= 0.3 is 5.97 Å². The van der Waals surface area contributed by atoms with Crippen LogP contribution in [0, 0.1) is 0 Å². The summed E-state index contributed by atoms with van der Waals surface area (Å²) in [7, 11) is 0. The molecule has 0 radical (unpaired) electrons. The van der Waals surface area contributed by atoms with E-state index in [1.807, 2.05) is 6.07 Å². The summed E-state index contributed by atoms with van der Waals surface area (Å²) in [6, 6.07) is 15.1. The standard InChI is InChI=1S/C26H32O13/c27-10-16-18(28)20(30)22(32)25(38-16)36-12-17-19(29)21(31)23(33)26(39-17)37-15-9-5-4-8-14(15)24(34)35-11-13-6-2-1-3-7-13/h1-9,16-23,25-33H,10-12H2/t16-,17-,18-,19-,20+,21+,22-,23-,25-,26-/m1/s1. The SMILES string of the molecule is O=C(OCc1ccccc1)c1ccccc1O[C@@H]1O[C@H](CO[C@@H]2O[C@H](CO)[C@@H](O)[C@H](O)[C@H]2O)[C@@H](O)[C@H](O)[C@H]1O. The van der Waals surface area contributed by atoms with Crippen LogP contribution < -0.4 is 4.74 Å². The summed E-state index contributed by atoms with van der Waals surface area (Å²) in [5.41, 5.74) is 0.800. The summed E-state index contributed by atoms with van der Waals surface area (Å²) in [4.78, 5) is 12.7. The molecule has 13 nitrogen and oxygen atoms in total. The predicted molar refractivity (Wildman–Crippen MR) is 129 cm³/mol. The van der Waals surface area contributed by atoms with E-state index in [4.69, 9.17) is 23.7 Å². The number of ether oxygens (including phenoxy) is 5. The first-order chi connectivity index (χ1) is 18.7. The Morgan fingerprint density at radius 1 is 0.718 bits per heavy atom. The molecule has 7 N–H and O–H groups in total. The molecular formula is C26H32O13. The lowest BCUT2D eigenvalue weighted by molar-refractivity contribution is -0.323. The first-order valence-corrected chi connectivity index (χ1v) is 12.3. The number of aliphatic hydroxyl groups excluding tert-OH is 7. The normalized spacial score (nSPS) is 34.8. The van der Waals surface area contributed by atoms with Gasteiger partial charge in [0.15, 0.2) is 6.29 Å². The minimum atomic E-state index is -1.75. The third kappa shape index (κ3) is 6.73. The Hall–Kier alpha value is -2.69. The van der Waals surface area contributed by atoms with Crippen LogP contribution in [0.15, 0.2) is 54.6 Å². The molecule has 0 aromatic heterocycles. The van der Waals surface area contributed by atoms with E-state index in [9.17, 15) is 40.5 Å². The molecule has 39 heavy (non-hydrogen) atoms. The largest absolute Gasteiger partial charge is 0.461 e. The average Bonchev–Trinajstić information content (AvgIpc) is 2.96. The van der Waals surface area contributed by atoms with Gasteiger partial charge in [0.2, 0.25) is 6.29 Å². The summed E-state index contributed by atoms with van der Waals surface area (Å²) < 4.78 is 27.4. The molecule has 0 saturated carbocycles. The molecule has 4 rings (SSSR count). The van der Waals surface area contributed by atoms with Crippen LogP contribution in [0.3, 0.4) is 0 Å². The van der Waals surface area contributed by atoms with E-state index in [1.54, 1.807) is 36.4 Å². The van der Waals surface area contributed by atoms with Gasteiger partial charge in [0.1, 0.15) is 66.8 Å². The second kappa shape index (κ2) is 13.1. The third-order valence-electron chi connectivity index (χ3n) is 6.50. The molecule has 0 amide bonds. The highest BCUT2D eigenvalue weighted by molar-refractivity contribution is 5.92. The maximum atomic E-state index is 12.7. The van der Waals surface area contributed by atoms with E-state index in [2.05, 4.69) is 0 Å². The number of rotatable bonds is 9. The molecule has 13 heteroatoms. The minimum absolute atomic E-state index is 0.0127. The zero-order valence-electron chi connectivity index (χ0n) is 20.7. The van der Waals surface area contributed by atoms with Gasteiger partial charge in [-0.1, -0.05) is 42.5 Å². The lowest BCUT2D eigenvalue weighted by Crippen LogP contribution is -2.62. The minimum Gasteiger partial charge on any atom is -0.461 e.